The molecule has 1 aliphatic rings. The molecule has 7 heteroatoms. The summed E-state index contributed by atoms with van der Waals surface area (Å²) >= 11 is 0. The highest BCUT2D eigenvalue weighted by Crippen LogP contribution is 2.40. The summed E-state index contributed by atoms with van der Waals surface area (Å²) in [4.78, 5) is 3.99. The maximum atomic E-state index is 13.3. The van der Waals surface area contributed by atoms with Crippen LogP contribution in [0.15, 0.2) is 18.5 Å². The largest absolute Gasteiger partial charge is 0.417 e. The van der Waals surface area contributed by atoms with Crippen LogP contribution in [0.3, 0.4) is 0 Å². The molecule has 0 aliphatic carbocycles. The molecule has 1 saturated heterocycles. The van der Waals surface area contributed by atoms with E-state index in [1.54, 1.807) is 0 Å². The highest BCUT2D eigenvalue weighted by molar-refractivity contribution is 5.80. The number of alkyl halides is 3. The molecule has 4 nitrogen and oxygen atoms in total. The number of hydrogen-bond acceptors (Lipinski definition) is 4. The lowest BCUT2D eigenvalue weighted by Crippen LogP contribution is -2.19. The molecule has 1 fully saturated rings. The highest BCUT2D eigenvalue weighted by atomic mass is 19.4. The van der Waals surface area contributed by atoms with Crippen LogP contribution < -0.4 is 5.32 Å². The number of rotatable bonds is 1. The molecule has 2 aromatic rings. The van der Waals surface area contributed by atoms with Crippen molar-refractivity contribution < 1.29 is 13.2 Å². The molecule has 0 unspecified atom stereocenters. The Hall–Kier alpha value is -1.76. The van der Waals surface area contributed by atoms with E-state index in [9.17, 15) is 13.2 Å². The monoisotopic (exact) mass is 268 g/mol. The lowest BCUT2D eigenvalue weighted by molar-refractivity contribution is -0.137. The minimum Gasteiger partial charge on any atom is -0.310 e. The Balaban J connectivity index is 2.26. The molecule has 3 heterocycles. The van der Waals surface area contributed by atoms with Crippen LogP contribution in [0.4, 0.5) is 13.2 Å². The number of nitrogens with one attached hydrogen (secondary N) is 1. The zero-order valence-electron chi connectivity index (χ0n) is 9.91. The first-order valence-corrected chi connectivity index (χ1v) is 5.98. The first kappa shape index (κ1) is 12.3. The van der Waals surface area contributed by atoms with Gasteiger partial charge in [0, 0.05) is 23.2 Å². The van der Waals surface area contributed by atoms with Gasteiger partial charge in [0.05, 0.1) is 11.8 Å². The smallest absolute Gasteiger partial charge is 0.310 e. The summed E-state index contributed by atoms with van der Waals surface area (Å²) in [6.45, 7) is 0.731. The SMILES string of the molecule is FC(F)(F)c1c([C@@H]2CCCN2)cnc2nnccc12. The predicted octanol–water partition coefficient (Wildman–Crippen LogP) is 2.47. The number of pyridine rings is 1. The van der Waals surface area contributed by atoms with Crippen molar-refractivity contribution in [3.05, 3.63) is 29.6 Å². The van der Waals surface area contributed by atoms with Crippen molar-refractivity contribution >= 4 is 11.0 Å². The van der Waals surface area contributed by atoms with Gasteiger partial charge >= 0.3 is 6.18 Å². The van der Waals surface area contributed by atoms with E-state index >= 15 is 0 Å². The standard InChI is InChI=1S/C12H11F3N4/c13-12(14,15)10-7-3-5-18-19-11(7)17-6-8(10)9-2-1-4-16-9/h3,5-6,9,16H,1-2,4H2/t9-/m0/s1. The summed E-state index contributed by atoms with van der Waals surface area (Å²) in [5.41, 5.74) is -0.422. The van der Waals surface area contributed by atoms with Crippen LogP contribution in [-0.2, 0) is 6.18 Å². The van der Waals surface area contributed by atoms with Gasteiger partial charge in [-0.05, 0) is 25.5 Å². The van der Waals surface area contributed by atoms with Gasteiger partial charge in [0.15, 0.2) is 5.65 Å². The second-order valence-electron chi connectivity index (χ2n) is 4.50. The third kappa shape index (κ3) is 2.14. The van der Waals surface area contributed by atoms with Gasteiger partial charge in [-0.2, -0.15) is 18.3 Å². The molecule has 19 heavy (non-hydrogen) atoms. The van der Waals surface area contributed by atoms with Crippen LogP contribution in [0.25, 0.3) is 11.0 Å². The Morgan fingerprint density at radius 3 is 2.84 bits per heavy atom. The molecule has 2 aromatic heterocycles. The van der Waals surface area contributed by atoms with Gasteiger partial charge in [-0.3, -0.25) is 0 Å². The van der Waals surface area contributed by atoms with Crippen molar-refractivity contribution in [3.8, 4) is 0 Å². The third-order valence-electron chi connectivity index (χ3n) is 3.30. The molecule has 0 aromatic carbocycles. The summed E-state index contributed by atoms with van der Waals surface area (Å²) in [7, 11) is 0. The summed E-state index contributed by atoms with van der Waals surface area (Å²) in [6, 6.07) is 1.03. The van der Waals surface area contributed by atoms with Crippen molar-refractivity contribution in [2.24, 2.45) is 0 Å². The van der Waals surface area contributed by atoms with E-state index < -0.39 is 11.7 Å². The first-order chi connectivity index (χ1) is 9.07. The Bertz CT molecular complexity index is 605. The normalized spacial score (nSPS) is 20.1. The molecule has 100 valence electrons. The van der Waals surface area contributed by atoms with Crippen molar-refractivity contribution in [1.82, 2.24) is 20.5 Å². The molecule has 0 spiro atoms. The molecule has 1 atom stereocenters. The molecule has 1 N–H and O–H groups in total. The van der Waals surface area contributed by atoms with E-state index in [-0.39, 0.29) is 22.6 Å². The van der Waals surface area contributed by atoms with Crippen LogP contribution in [0.5, 0.6) is 0 Å². The predicted molar refractivity (Wildman–Crippen MR) is 62.3 cm³/mol. The van der Waals surface area contributed by atoms with Crippen LogP contribution in [0, 0.1) is 0 Å². The fourth-order valence-corrected chi connectivity index (χ4v) is 2.50. The first-order valence-electron chi connectivity index (χ1n) is 5.98. The van der Waals surface area contributed by atoms with E-state index in [2.05, 4.69) is 20.5 Å². The number of aromatic nitrogens is 3. The quantitative estimate of drug-likeness (QED) is 0.863. The molecule has 1 aliphatic heterocycles. The van der Waals surface area contributed by atoms with Gasteiger partial charge in [0.25, 0.3) is 0 Å². The molecular formula is C12H11F3N4. The van der Waals surface area contributed by atoms with E-state index in [1.165, 1.54) is 18.5 Å². The second-order valence-corrected chi connectivity index (χ2v) is 4.50. The van der Waals surface area contributed by atoms with E-state index in [0.29, 0.717) is 6.42 Å². The van der Waals surface area contributed by atoms with Crippen molar-refractivity contribution in [2.75, 3.05) is 6.54 Å². The topological polar surface area (TPSA) is 50.7 Å². The van der Waals surface area contributed by atoms with E-state index in [4.69, 9.17) is 0 Å². The minimum atomic E-state index is -4.43. The summed E-state index contributed by atoms with van der Waals surface area (Å²) in [5.74, 6) is 0. The van der Waals surface area contributed by atoms with Crippen molar-refractivity contribution in [3.63, 3.8) is 0 Å². The average molecular weight is 268 g/mol. The van der Waals surface area contributed by atoms with Crippen LogP contribution in [0.2, 0.25) is 0 Å². The Kier molecular flexibility index (Phi) is 2.85. The zero-order chi connectivity index (χ0) is 13.5. The average Bonchev–Trinajstić information content (AvgIpc) is 2.90. The van der Waals surface area contributed by atoms with Crippen LogP contribution in [0.1, 0.15) is 30.0 Å². The molecule has 0 radical (unpaired) electrons. The van der Waals surface area contributed by atoms with E-state index in [0.717, 1.165) is 13.0 Å². The summed E-state index contributed by atoms with van der Waals surface area (Å²) in [5, 5.41) is 10.3. The van der Waals surface area contributed by atoms with Crippen LogP contribution >= 0.6 is 0 Å². The Morgan fingerprint density at radius 1 is 1.32 bits per heavy atom. The summed E-state index contributed by atoms with van der Waals surface area (Å²) < 4.78 is 40.0. The van der Waals surface area contributed by atoms with Gasteiger partial charge in [-0.25, -0.2) is 4.98 Å². The maximum absolute atomic E-state index is 13.3. The minimum absolute atomic E-state index is 0.00806. The van der Waals surface area contributed by atoms with Gasteiger partial charge in [-0.1, -0.05) is 0 Å². The lowest BCUT2D eigenvalue weighted by atomic mass is 9.98. The van der Waals surface area contributed by atoms with Gasteiger partial charge in [0.1, 0.15) is 0 Å². The number of nitrogens with zero attached hydrogens (tertiary/aromatic N) is 3. The Labute approximate surface area is 107 Å². The number of hydrogen-bond donors (Lipinski definition) is 1. The Morgan fingerprint density at radius 2 is 2.16 bits per heavy atom. The summed E-state index contributed by atoms with van der Waals surface area (Å²) in [6.07, 6.45) is -0.346. The fraction of sp³-hybridized carbons (Fsp3) is 0.417. The third-order valence-corrected chi connectivity index (χ3v) is 3.30. The van der Waals surface area contributed by atoms with E-state index in [1.807, 2.05) is 0 Å². The van der Waals surface area contributed by atoms with Crippen LogP contribution in [-0.4, -0.2) is 21.7 Å². The molecule has 0 amide bonds. The van der Waals surface area contributed by atoms with Crippen molar-refractivity contribution in [2.45, 2.75) is 25.1 Å². The molecule has 3 rings (SSSR count). The molecule has 0 saturated carbocycles. The van der Waals surface area contributed by atoms with Gasteiger partial charge in [0.2, 0.25) is 0 Å². The number of halogens is 3. The number of fused-ring (bicyclic) bond motifs is 1. The molecule has 0 bridgehead atoms. The maximum Gasteiger partial charge on any atom is 0.417 e. The zero-order valence-corrected chi connectivity index (χ0v) is 9.91. The fourth-order valence-electron chi connectivity index (χ4n) is 2.50. The van der Waals surface area contributed by atoms with Gasteiger partial charge in [-0.15, -0.1) is 5.10 Å². The lowest BCUT2D eigenvalue weighted by Gasteiger charge is -2.18. The van der Waals surface area contributed by atoms with Gasteiger partial charge < -0.3 is 5.32 Å². The second kappa shape index (κ2) is 4.41. The van der Waals surface area contributed by atoms with Crippen molar-refractivity contribution in [1.29, 1.82) is 0 Å². The highest BCUT2D eigenvalue weighted by Gasteiger charge is 2.38. The molecular weight excluding hydrogens is 257 g/mol.